The molecule has 0 bridgehead atoms. The molecule has 0 amide bonds. The third kappa shape index (κ3) is 1.53. The van der Waals surface area contributed by atoms with Crippen molar-refractivity contribution in [3.8, 4) is 5.82 Å². The molecule has 18 heavy (non-hydrogen) atoms. The molecule has 0 unspecified atom stereocenters. The number of nitrogens with zero attached hydrogens (tertiary/aromatic N) is 3. The smallest absolute Gasteiger partial charge is 0.330 e. The van der Waals surface area contributed by atoms with Gasteiger partial charge in [0.2, 0.25) is 5.82 Å². The lowest BCUT2D eigenvalue weighted by molar-refractivity contribution is -0.390. The van der Waals surface area contributed by atoms with E-state index in [-0.39, 0.29) is 5.82 Å². The first-order valence-corrected chi connectivity index (χ1v) is 5.43. The molecular weight excluding hydrogens is 230 g/mol. The molecule has 2 heterocycles. The Hall–Kier alpha value is -2.69. The molecule has 3 rings (SSSR count). The van der Waals surface area contributed by atoms with Crippen molar-refractivity contribution >= 4 is 16.7 Å². The summed E-state index contributed by atoms with van der Waals surface area (Å²) in [5.41, 5.74) is 0.780. The Morgan fingerprint density at radius 2 is 1.89 bits per heavy atom. The van der Waals surface area contributed by atoms with Crippen LogP contribution in [-0.2, 0) is 0 Å². The molecule has 1 aromatic carbocycles. The van der Waals surface area contributed by atoms with E-state index < -0.39 is 4.92 Å². The third-order valence-corrected chi connectivity index (χ3v) is 2.76. The van der Waals surface area contributed by atoms with Crippen molar-refractivity contribution in [1.82, 2.24) is 9.55 Å². The average molecular weight is 239 g/mol. The molecule has 0 saturated heterocycles. The summed E-state index contributed by atoms with van der Waals surface area (Å²) < 4.78 is 1.55. The van der Waals surface area contributed by atoms with Crippen LogP contribution in [0.1, 0.15) is 0 Å². The Morgan fingerprint density at radius 3 is 2.61 bits per heavy atom. The van der Waals surface area contributed by atoms with E-state index in [1.165, 1.54) is 0 Å². The van der Waals surface area contributed by atoms with Gasteiger partial charge in [-0.1, -0.05) is 24.3 Å². The number of hydrogen-bond acceptors (Lipinski definition) is 3. The molecule has 0 atom stereocenters. The van der Waals surface area contributed by atoms with Crippen LogP contribution in [0.5, 0.6) is 0 Å². The minimum atomic E-state index is -0.394. The zero-order valence-corrected chi connectivity index (χ0v) is 9.35. The molecule has 5 heteroatoms. The predicted molar refractivity (Wildman–Crippen MR) is 67.7 cm³/mol. The average Bonchev–Trinajstić information content (AvgIpc) is 2.79. The van der Waals surface area contributed by atoms with Crippen LogP contribution in [0.3, 0.4) is 0 Å². The summed E-state index contributed by atoms with van der Waals surface area (Å²) in [4.78, 5) is 14.9. The molecule has 0 radical (unpaired) electrons. The zero-order valence-electron chi connectivity index (χ0n) is 9.35. The molecular formula is C13H9N3O2. The topological polar surface area (TPSA) is 61.0 Å². The van der Waals surface area contributed by atoms with E-state index in [1.807, 2.05) is 24.3 Å². The van der Waals surface area contributed by atoms with E-state index in [0.29, 0.717) is 5.82 Å². The second-order valence-electron chi connectivity index (χ2n) is 3.84. The summed E-state index contributed by atoms with van der Waals surface area (Å²) in [7, 11) is 0. The van der Waals surface area contributed by atoms with Crippen molar-refractivity contribution in [2.45, 2.75) is 0 Å². The van der Waals surface area contributed by atoms with Crippen molar-refractivity contribution in [2.24, 2.45) is 0 Å². The molecule has 0 saturated carbocycles. The Balaban J connectivity index is 2.38. The first kappa shape index (κ1) is 10.5. The van der Waals surface area contributed by atoms with Gasteiger partial charge >= 0.3 is 5.82 Å². The van der Waals surface area contributed by atoms with Gasteiger partial charge in [-0.05, 0) is 17.1 Å². The van der Waals surface area contributed by atoms with Gasteiger partial charge in [-0.15, -0.1) is 0 Å². The number of pyridine rings is 1. The fourth-order valence-corrected chi connectivity index (χ4v) is 2.00. The van der Waals surface area contributed by atoms with Gasteiger partial charge in [0.05, 0.1) is 0 Å². The maximum Gasteiger partial charge on any atom is 0.330 e. The molecule has 0 aliphatic heterocycles. The fourth-order valence-electron chi connectivity index (χ4n) is 2.00. The lowest BCUT2D eigenvalue weighted by Gasteiger charge is -2.00. The van der Waals surface area contributed by atoms with Crippen LogP contribution in [0, 0.1) is 10.1 Å². The Bertz CT molecular complexity index is 719. The Morgan fingerprint density at radius 1 is 1.11 bits per heavy atom. The Kier molecular flexibility index (Phi) is 2.30. The quantitative estimate of drug-likeness (QED) is 0.510. The van der Waals surface area contributed by atoms with Crippen molar-refractivity contribution < 1.29 is 4.92 Å². The SMILES string of the molecule is O=[N+]([O-])c1cc2ccccc2n1-c1ccccn1. The van der Waals surface area contributed by atoms with Crippen molar-refractivity contribution in [2.75, 3.05) is 0 Å². The summed E-state index contributed by atoms with van der Waals surface area (Å²) in [6, 6.07) is 14.3. The van der Waals surface area contributed by atoms with E-state index in [0.717, 1.165) is 10.9 Å². The standard InChI is InChI=1S/C13H9N3O2/c17-16(18)13-9-10-5-1-2-6-11(10)15(13)12-7-3-4-8-14-12/h1-9H. The van der Waals surface area contributed by atoms with Gasteiger partial charge in [-0.2, -0.15) is 4.57 Å². The maximum atomic E-state index is 11.1. The van der Waals surface area contributed by atoms with E-state index in [4.69, 9.17) is 0 Å². The predicted octanol–water partition coefficient (Wildman–Crippen LogP) is 2.93. The summed E-state index contributed by atoms with van der Waals surface area (Å²) in [6.45, 7) is 0. The molecule has 0 N–H and O–H groups in total. The third-order valence-electron chi connectivity index (χ3n) is 2.76. The number of benzene rings is 1. The zero-order chi connectivity index (χ0) is 12.5. The molecule has 2 aromatic heterocycles. The van der Waals surface area contributed by atoms with Gasteiger partial charge in [-0.25, -0.2) is 4.98 Å². The van der Waals surface area contributed by atoms with E-state index >= 15 is 0 Å². The highest BCUT2D eigenvalue weighted by molar-refractivity contribution is 5.85. The van der Waals surface area contributed by atoms with Gasteiger partial charge in [-0.3, -0.25) is 0 Å². The molecule has 3 aromatic rings. The molecule has 0 aliphatic rings. The van der Waals surface area contributed by atoms with Crippen molar-refractivity contribution in [3.63, 3.8) is 0 Å². The van der Waals surface area contributed by atoms with Crippen LogP contribution in [-0.4, -0.2) is 14.5 Å². The molecule has 0 aliphatic carbocycles. The van der Waals surface area contributed by atoms with Crippen LogP contribution in [0.15, 0.2) is 54.7 Å². The van der Waals surface area contributed by atoms with E-state index in [9.17, 15) is 10.1 Å². The minimum absolute atomic E-state index is 0.0231. The van der Waals surface area contributed by atoms with Gasteiger partial charge in [0, 0.05) is 23.7 Å². The largest absolute Gasteiger partial charge is 0.358 e. The molecule has 0 spiro atoms. The van der Waals surface area contributed by atoms with Crippen LogP contribution in [0.4, 0.5) is 5.82 Å². The lowest BCUT2D eigenvalue weighted by Crippen LogP contribution is -2.01. The van der Waals surface area contributed by atoms with Gasteiger partial charge in [0.1, 0.15) is 5.52 Å². The molecule has 5 nitrogen and oxygen atoms in total. The lowest BCUT2D eigenvalue weighted by atomic mass is 10.2. The van der Waals surface area contributed by atoms with E-state index in [2.05, 4.69) is 4.98 Å². The van der Waals surface area contributed by atoms with Crippen LogP contribution in [0.25, 0.3) is 16.7 Å². The van der Waals surface area contributed by atoms with Gasteiger partial charge in [0.15, 0.2) is 0 Å². The summed E-state index contributed by atoms with van der Waals surface area (Å²) in [6.07, 6.45) is 1.62. The van der Waals surface area contributed by atoms with Crippen LogP contribution >= 0.6 is 0 Å². The minimum Gasteiger partial charge on any atom is -0.358 e. The number of aromatic nitrogens is 2. The highest BCUT2D eigenvalue weighted by atomic mass is 16.6. The van der Waals surface area contributed by atoms with Gasteiger partial charge in [0.25, 0.3) is 0 Å². The maximum absolute atomic E-state index is 11.1. The second-order valence-corrected chi connectivity index (χ2v) is 3.84. The number of fused-ring (bicyclic) bond motifs is 1. The van der Waals surface area contributed by atoms with Crippen LogP contribution < -0.4 is 0 Å². The molecule has 88 valence electrons. The molecule has 0 fully saturated rings. The monoisotopic (exact) mass is 239 g/mol. The summed E-state index contributed by atoms with van der Waals surface area (Å²) in [5.74, 6) is 0.570. The first-order valence-electron chi connectivity index (χ1n) is 5.43. The van der Waals surface area contributed by atoms with Crippen LogP contribution in [0.2, 0.25) is 0 Å². The van der Waals surface area contributed by atoms with Crippen molar-refractivity contribution in [1.29, 1.82) is 0 Å². The number of para-hydroxylation sites is 1. The normalized spacial score (nSPS) is 10.7. The second kappa shape index (κ2) is 3.96. The number of nitro groups is 1. The summed E-state index contributed by atoms with van der Waals surface area (Å²) in [5, 5.41) is 12.0. The van der Waals surface area contributed by atoms with Gasteiger partial charge < -0.3 is 10.1 Å². The van der Waals surface area contributed by atoms with Crippen molar-refractivity contribution in [3.05, 3.63) is 64.8 Å². The highest BCUT2D eigenvalue weighted by Crippen LogP contribution is 2.28. The number of hydrogen-bond donors (Lipinski definition) is 0. The van der Waals surface area contributed by atoms with E-state index in [1.54, 1.807) is 35.0 Å². The highest BCUT2D eigenvalue weighted by Gasteiger charge is 2.20. The summed E-state index contributed by atoms with van der Waals surface area (Å²) >= 11 is 0. The number of rotatable bonds is 2. The fraction of sp³-hybridized carbons (Fsp3) is 0. The Labute approximate surface area is 102 Å². The first-order chi connectivity index (χ1) is 8.77.